The van der Waals surface area contributed by atoms with Crippen molar-refractivity contribution >= 4 is 5.91 Å². The molecular weight excluding hydrogens is 294 g/mol. The molecule has 1 amide bonds. The minimum atomic E-state index is 0.0470. The van der Waals surface area contributed by atoms with E-state index >= 15 is 0 Å². The van der Waals surface area contributed by atoms with E-state index in [1.165, 1.54) is 16.7 Å². The molecule has 2 nitrogen and oxygen atoms in total. The van der Waals surface area contributed by atoms with Crippen molar-refractivity contribution in [2.45, 2.75) is 19.9 Å². The molecule has 0 atom stereocenters. The Morgan fingerprint density at radius 2 is 1.42 bits per heavy atom. The molecule has 0 saturated heterocycles. The fourth-order valence-electron chi connectivity index (χ4n) is 2.70. The van der Waals surface area contributed by atoms with E-state index in [2.05, 4.69) is 42.6 Å². The lowest BCUT2D eigenvalue weighted by Crippen LogP contribution is -2.24. The van der Waals surface area contributed by atoms with Gasteiger partial charge in [-0.3, -0.25) is 4.79 Å². The van der Waals surface area contributed by atoms with Gasteiger partial charge in [0.1, 0.15) is 0 Å². The maximum atomic E-state index is 12.1. The lowest BCUT2D eigenvalue weighted by Gasteiger charge is -2.08. The zero-order chi connectivity index (χ0) is 16.8. The van der Waals surface area contributed by atoms with Crippen molar-refractivity contribution in [3.8, 4) is 11.1 Å². The zero-order valence-corrected chi connectivity index (χ0v) is 13.8. The van der Waals surface area contributed by atoms with Crippen LogP contribution in [0.4, 0.5) is 0 Å². The van der Waals surface area contributed by atoms with Gasteiger partial charge in [0, 0.05) is 6.54 Å². The average molecular weight is 315 g/mol. The summed E-state index contributed by atoms with van der Waals surface area (Å²) >= 11 is 0. The molecule has 0 aliphatic rings. The van der Waals surface area contributed by atoms with Gasteiger partial charge in [-0.05, 0) is 34.7 Å². The van der Waals surface area contributed by atoms with Gasteiger partial charge in [0.15, 0.2) is 0 Å². The van der Waals surface area contributed by atoms with Crippen LogP contribution >= 0.6 is 0 Å². The first-order valence-corrected chi connectivity index (χ1v) is 8.18. The topological polar surface area (TPSA) is 29.1 Å². The first-order chi connectivity index (χ1) is 11.7. The summed E-state index contributed by atoms with van der Waals surface area (Å²) in [5, 5.41) is 3.00. The minimum absolute atomic E-state index is 0.0470. The third-order valence-electron chi connectivity index (χ3n) is 4.16. The molecule has 3 aromatic rings. The molecule has 2 heteroatoms. The van der Waals surface area contributed by atoms with Crippen LogP contribution in [0.15, 0.2) is 78.9 Å². The van der Waals surface area contributed by atoms with Crippen molar-refractivity contribution in [3.63, 3.8) is 0 Å². The van der Waals surface area contributed by atoms with Gasteiger partial charge < -0.3 is 5.32 Å². The molecule has 0 aromatic heterocycles. The van der Waals surface area contributed by atoms with Crippen LogP contribution in [0, 0.1) is 6.92 Å². The zero-order valence-electron chi connectivity index (χ0n) is 13.8. The van der Waals surface area contributed by atoms with Crippen molar-refractivity contribution in [1.82, 2.24) is 5.32 Å². The fourth-order valence-corrected chi connectivity index (χ4v) is 2.70. The van der Waals surface area contributed by atoms with E-state index in [-0.39, 0.29) is 5.91 Å². The van der Waals surface area contributed by atoms with E-state index in [1.54, 1.807) is 0 Å². The summed E-state index contributed by atoms with van der Waals surface area (Å²) in [6, 6.07) is 26.5. The van der Waals surface area contributed by atoms with Gasteiger partial charge in [-0.15, -0.1) is 0 Å². The lowest BCUT2D eigenvalue weighted by atomic mass is 10.0. The van der Waals surface area contributed by atoms with Crippen LogP contribution in [-0.4, -0.2) is 5.91 Å². The number of aryl methyl sites for hydroxylation is 1. The first kappa shape index (κ1) is 16.0. The summed E-state index contributed by atoms with van der Waals surface area (Å²) in [5.41, 5.74) is 5.74. The molecule has 0 aliphatic carbocycles. The van der Waals surface area contributed by atoms with Gasteiger partial charge in [0.25, 0.3) is 0 Å². The Labute approximate surface area is 143 Å². The largest absolute Gasteiger partial charge is 0.352 e. The van der Waals surface area contributed by atoms with Crippen LogP contribution in [0.25, 0.3) is 11.1 Å². The fraction of sp³-hybridized carbons (Fsp3) is 0.136. The molecule has 1 N–H and O–H groups in total. The molecule has 3 rings (SSSR count). The predicted molar refractivity (Wildman–Crippen MR) is 98.6 cm³/mol. The Bertz CT molecular complexity index is 807. The van der Waals surface area contributed by atoms with E-state index in [0.29, 0.717) is 13.0 Å². The van der Waals surface area contributed by atoms with Crippen molar-refractivity contribution in [2.24, 2.45) is 0 Å². The first-order valence-electron chi connectivity index (χ1n) is 8.18. The summed E-state index contributed by atoms with van der Waals surface area (Å²) < 4.78 is 0. The molecule has 0 radical (unpaired) electrons. The van der Waals surface area contributed by atoms with Crippen molar-refractivity contribution in [1.29, 1.82) is 0 Å². The van der Waals surface area contributed by atoms with Crippen LogP contribution in [0.5, 0.6) is 0 Å². The van der Waals surface area contributed by atoms with Crippen molar-refractivity contribution in [2.75, 3.05) is 0 Å². The van der Waals surface area contributed by atoms with Gasteiger partial charge in [0.2, 0.25) is 5.91 Å². The molecule has 0 aliphatic heterocycles. The Morgan fingerprint density at radius 1 is 0.792 bits per heavy atom. The summed E-state index contributed by atoms with van der Waals surface area (Å²) in [4.78, 5) is 12.1. The molecular formula is C22H21NO. The number of amides is 1. The smallest absolute Gasteiger partial charge is 0.224 e. The van der Waals surface area contributed by atoms with E-state index in [1.807, 2.05) is 48.5 Å². The van der Waals surface area contributed by atoms with Crippen LogP contribution in [-0.2, 0) is 17.8 Å². The molecule has 24 heavy (non-hydrogen) atoms. The maximum Gasteiger partial charge on any atom is 0.224 e. The van der Waals surface area contributed by atoms with Crippen molar-refractivity contribution in [3.05, 3.63) is 95.6 Å². The summed E-state index contributed by atoms with van der Waals surface area (Å²) in [7, 11) is 0. The highest BCUT2D eigenvalue weighted by Crippen LogP contribution is 2.19. The number of rotatable bonds is 5. The van der Waals surface area contributed by atoms with Crippen LogP contribution < -0.4 is 5.32 Å². The molecule has 0 saturated carbocycles. The second-order valence-corrected chi connectivity index (χ2v) is 5.94. The Hall–Kier alpha value is -2.87. The third-order valence-corrected chi connectivity index (χ3v) is 4.16. The van der Waals surface area contributed by atoms with Gasteiger partial charge in [-0.1, -0.05) is 78.9 Å². The average Bonchev–Trinajstić information content (AvgIpc) is 2.62. The summed E-state index contributed by atoms with van der Waals surface area (Å²) in [6.45, 7) is 2.64. The Kier molecular flexibility index (Phi) is 5.07. The second kappa shape index (κ2) is 7.60. The minimum Gasteiger partial charge on any atom is -0.352 e. The van der Waals surface area contributed by atoms with Crippen LogP contribution in [0.1, 0.15) is 16.7 Å². The highest BCUT2D eigenvalue weighted by atomic mass is 16.1. The van der Waals surface area contributed by atoms with Gasteiger partial charge >= 0.3 is 0 Å². The van der Waals surface area contributed by atoms with E-state index in [9.17, 15) is 4.79 Å². The van der Waals surface area contributed by atoms with Gasteiger partial charge in [-0.2, -0.15) is 0 Å². The number of hydrogen-bond acceptors (Lipinski definition) is 1. The standard InChI is InChI=1S/C22H21NO/c1-17-7-5-6-10-21(17)16-23-22(24)15-18-11-13-20(14-12-18)19-8-3-2-4-9-19/h2-14H,15-16H2,1H3,(H,23,24). The monoisotopic (exact) mass is 315 g/mol. The number of carbonyl (C=O) groups is 1. The third kappa shape index (κ3) is 4.11. The number of hydrogen-bond donors (Lipinski definition) is 1. The molecule has 0 heterocycles. The normalized spacial score (nSPS) is 10.4. The maximum absolute atomic E-state index is 12.1. The Morgan fingerprint density at radius 3 is 2.12 bits per heavy atom. The highest BCUT2D eigenvalue weighted by Gasteiger charge is 2.05. The quantitative estimate of drug-likeness (QED) is 0.737. The predicted octanol–water partition coefficient (Wildman–Crippen LogP) is 4.52. The van der Waals surface area contributed by atoms with E-state index in [0.717, 1.165) is 11.1 Å². The molecule has 0 bridgehead atoms. The second-order valence-electron chi connectivity index (χ2n) is 5.94. The number of carbonyl (C=O) groups excluding carboxylic acids is 1. The van der Waals surface area contributed by atoms with E-state index in [4.69, 9.17) is 0 Å². The van der Waals surface area contributed by atoms with E-state index < -0.39 is 0 Å². The molecule has 0 unspecified atom stereocenters. The molecule has 3 aromatic carbocycles. The SMILES string of the molecule is Cc1ccccc1CNC(=O)Cc1ccc(-c2ccccc2)cc1. The molecule has 0 spiro atoms. The van der Waals surface area contributed by atoms with Crippen LogP contribution in [0.3, 0.4) is 0 Å². The number of benzene rings is 3. The molecule has 0 fully saturated rings. The summed E-state index contributed by atoms with van der Waals surface area (Å²) in [5.74, 6) is 0.0470. The molecule has 120 valence electrons. The van der Waals surface area contributed by atoms with Crippen molar-refractivity contribution < 1.29 is 4.79 Å². The Balaban J connectivity index is 1.58. The highest BCUT2D eigenvalue weighted by molar-refractivity contribution is 5.78. The van der Waals surface area contributed by atoms with Crippen LogP contribution in [0.2, 0.25) is 0 Å². The van der Waals surface area contributed by atoms with Gasteiger partial charge in [0.05, 0.1) is 6.42 Å². The summed E-state index contributed by atoms with van der Waals surface area (Å²) in [6.07, 6.45) is 0.404. The van der Waals surface area contributed by atoms with Gasteiger partial charge in [-0.25, -0.2) is 0 Å². The lowest BCUT2D eigenvalue weighted by molar-refractivity contribution is -0.120. The number of nitrogens with one attached hydrogen (secondary N) is 1.